The minimum atomic E-state index is 0.135. The number of benzene rings is 3. The number of unbranched alkanes of at least 4 members (excludes halogenated alkanes) is 9. The van der Waals surface area contributed by atoms with E-state index in [1.54, 1.807) is 0 Å². The third-order valence-electron chi connectivity index (χ3n) is 10.7. The van der Waals surface area contributed by atoms with Gasteiger partial charge in [-0.15, -0.1) is 15.0 Å². The molecule has 60 heavy (non-hydrogen) atoms. The summed E-state index contributed by atoms with van der Waals surface area (Å²) >= 11 is 0. The van der Waals surface area contributed by atoms with E-state index in [1.165, 1.54) is 0 Å². The van der Waals surface area contributed by atoms with Crippen LogP contribution in [0.25, 0.3) is 0 Å². The van der Waals surface area contributed by atoms with Crippen molar-refractivity contribution in [3.63, 3.8) is 0 Å². The van der Waals surface area contributed by atoms with E-state index in [1.807, 2.05) is 75.4 Å². The van der Waals surface area contributed by atoms with Gasteiger partial charge in [-0.1, -0.05) is 59.3 Å². The summed E-state index contributed by atoms with van der Waals surface area (Å²) in [6, 6.07) is 17.0. The van der Waals surface area contributed by atoms with Gasteiger partial charge in [0, 0.05) is 53.0 Å². The Kier molecular flexibility index (Phi) is 20.3. The van der Waals surface area contributed by atoms with Crippen molar-refractivity contribution >= 4 is 34.4 Å². The highest BCUT2D eigenvalue weighted by atomic mass is 16.5. The largest absolute Gasteiger partial charge is 0.463 e. The maximum absolute atomic E-state index is 12.7. The topological polar surface area (TPSA) is 196 Å². The second-order valence-corrected chi connectivity index (χ2v) is 15.3. The molecule has 0 fully saturated rings. The quantitative estimate of drug-likeness (QED) is 0.0256. The van der Waals surface area contributed by atoms with Crippen molar-refractivity contribution < 1.29 is 28.6 Å². The fourth-order valence-electron chi connectivity index (χ4n) is 6.92. The molecule has 4 aromatic rings. The molecule has 0 aliphatic rings. The van der Waals surface area contributed by atoms with Crippen LogP contribution in [0.2, 0.25) is 0 Å². The molecular weight excluding hydrogens is 757 g/mol. The van der Waals surface area contributed by atoms with Gasteiger partial charge in [-0.2, -0.15) is 0 Å². The van der Waals surface area contributed by atoms with E-state index in [0.717, 1.165) is 147 Å². The van der Waals surface area contributed by atoms with E-state index in [4.69, 9.17) is 31.4 Å². The Balaban J connectivity index is 1.19. The molecule has 0 saturated carbocycles. The number of hydrogen-bond acceptors (Lipinski definition) is 12. The van der Waals surface area contributed by atoms with Crippen LogP contribution in [0.15, 0.2) is 54.6 Å². The van der Waals surface area contributed by atoms with Crippen molar-refractivity contribution in [1.82, 2.24) is 15.0 Å². The second-order valence-electron chi connectivity index (χ2n) is 15.3. The van der Waals surface area contributed by atoms with Gasteiger partial charge in [0.1, 0.15) is 0 Å². The van der Waals surface area contributed by atoms with Crippen LogP contribution >= 0.6 is 0 Å². The molecule has 0 radical (unpaired) electrons. The zero-order valence-electron chi connectivity index (χ0n) is 36.1. The van der Waals surface area contributed by atoms with E-state index < -0.39 is 0 Å². The summed E-state index contributed by atoms with van der Waals surface area (Å²) in [5.41, 5.74) is 25.3. The fraction of sp³-hybridized carbons (Fsp3) is 0.500. The number of ether oxygens (including phenoxy) is 3. The van der Waals surface area contributed by atoms with Crippen molar-refractivity contribution in [1.29, 1.82) is 0 Å². The number of carbonyl (C=O) groups is 3. The Bertz CT molecular complexity index is 1750. The molecule has 0 atom stereocenters. The molecule has 0 unspecified atom stereocenters. The maximum Gasteiger partial charge on any atom is 0.325 e. The van der Waals surface area contributed by atoms with Crippen LogP contribution < -0.4 is 31.4 Å². The monoisotopic (exact) mass is 823 g/mol. The van der Waals surface area contributed by atoms with Crippen molar-refractivity contribution in [2.45, 2.75) is 136 Å². The highest BCUT2D eigenvalue weighted by molar-refractivity contribution is 5.97. The number of aryl methyl sites for hydroxylation is 3. The van der Waals surface area contributed by atoms with E-state index in [2.05, 4.69) is 15.0 Å². The summed E-state index contributed by atoms with van der Waals surface area (Å²) in [5, 5.41) is 0. The summed E-state index contributed by atoms with van der Waals surface area (Å²) in [6.45, 7) is 7.30. The number of nitrogens with zero attached hydrogens (tertiary/aromatic N) is 3. The normalized spacial score (nSPS) is 11.1. The highest BCUT2D eigenvalue weighted by Crippen LogP contribution is 2.21. The van der Waals surface area contributed by atoms with E-state index in [0.29, 0.717) is 39.1 Å². The minimum absolute atomic E-state index is 0.135. The summed E-state index contributed by atoms with van der Waals surface area (Å²) < 4.78 is 17.8. The summed E-state index contributed by atoms with van der Waals surface area (Å²) in [6.07, 6.45) is 13.9. The van der Waals surface area contributed by atoms with Crippen LogP contribution in [-0.4, -0.2) is 52.1 Å². The van der Waals surface area contributed by atoms with Crippen LogP contribution in [-0.2, 0) is 19.3 Å². The van der Waals surface area contributed by atoms with Crippen molar-refractivity contribution in [3.05, 3.63) is 88.0 Å². The first-order chi connectivity index (χ1) is 29.1. The summed E-state index contributed by atoms with van der Waals surface area (Å²) in [7, 11) is 0. The number of nitrogen functional groups attached to an aromatic ring is 3. The molecule has 0 aliphatic carbocycles. The van der Waals surface area contributed by atoms with E-state index >= 15 is 0 Å². The molecular formula is C48H66N6O6. The van der Waals surface area contributed by atoms with Gasteiger partial charge in [-0.25, -0.2) is 0 Å². The molecule has 4 rings (SSSR count). The number of aromatic nitrogens is 3. The molecule has 3 aromatic carbocycles. The Labute approximate surface area is 356 Å². The average molecular weight is 823 g/mol. The standard InChI is InChI=1S/C48H66N6O6/c1-4-34-31-37(22-25-40(34)49)43(55)19-13-7-10-16-28-58-46-52-47(59-29-17-11-8-14-20-44(56)38-23-26-41(50)35(5-2)32-38)54-48(53-46)60-30-18-12-9-15-21-45(57)39-24-27-42(51)36(6-3)33-39/h22-27,31-33H,4-21,28-30,49-51H2,1-3H3. The maximum atomic E-state index is 12.7. The van der Waals surface area contributed by atoms with Gasteiger partial charge in [0.05, 0.1) is 19.8 Å². The molecule has 0 amide bonds. The molecule has 12 heteroatoms. The van der Waals surface area contributed by atoms with Crippen molar-refractivity contribution in [2.75, 3.05) is 37.0 Å². The average Bonchev–Trinajstić information content (AvgIpc) is 3.25. The molecule has 1 aromatic heterocycles. The van der Waals surface area contributed by atoms with Crippen molar-refractivity contribution in [2.24, 2.45) is 0 Å². The first-order valence-electron chi connectivity index (χ1n) is 22.0. The number of nitrogens with two attached hydrogens (primary N) is 3. The molecule has 12 nitrogen and oxygen atoms in total. The van der Waals surface area contributed by atoms with Crippen LogP contribution in [0.4, 0.5) is 17.1 Å². The van der Waals surface area contributed by atoms with Crippen LogP contribution in [0, 0.1) is 0 Å². The van der Waals surface area contributed by atoms with Crippen LogP contribution in [0.1, 0.15) is 165 Å². The molecule has 0 aliphatic heterocycles. The Morgan fingerprint density at radius 1 is 0.417 bits per heavy atom. The van der Waals surface area contributed by atoms with Crippen molar-refractivity contribution in [3.8, 4) is 18.0 Å². The van der Waals surface area contributed by atoms with Crippen LogP contribution in [0.5, 0.6) is 18.0 Å². The lowest BCUT2D eigenvalue weighted by Crippen LogP contribution is -2.09. The van der Waals surface area contributed by atoms with Gasteiger partial charge in [0.15, 0.2) is 17.3 Å². The molecule has 0 spiro atoms. The van der Waals surface area contributed by atoms with Crippen LogP contribution in [0.3, 0.4) is 0 Å². The molecule has 1 heterocycles. The molecule has 0 bridgehead atoms. The summed E-state index contributed by atoms with van der Waals surface area (Å²) in [4.78, 5) is 51.3. The van der Waals surface area contributed by atoms with Gasteiger partial charge in [0.25, 0.3) is 0 Å². The molecule has 6 N–H and O–H groups in total. The molecule has 0 saturated heterocycles. The van der Waals surface area contributed by atoms with E-state index in [9.17, 15) is 14.4 Å². The number of rotatable bonds is 30. The Hall–Kier alpha value is -5.52. The zero-order valence-corrected chi connectivity index (χ0v) is 36.1. The predicted octanol–water partition coefficient (Wildman–Crippen LogP) is 9.94. The van der Waals surface area contributed by atoms with E-state index in [-0.39, 0.29) is 35.4 Å². The van der Waals surface area contributed by atoms with Gasteiger partial charge >= 0.3 is 18.0 Å². The lowest BCUT2D eigenvalue weighted by molar-refractivity contribution is 0.0971. The Morgan fingerprint density at radius 3 is 0.950 bits per heavy atom. The van der Waals surface area contributed by atoms with Gasteiger partial charge < -0.3 is 31.4 Å². The third-order valence-corrected chi connectivity index (χ3v) is 10.7. The number of ketones is 3. The second kappa shape index (κ2) is 25.9. The number of carbonyl (C=O) groups excluding carboxylic acids is 3. The minimum Gasteiger partial charge on any atom is -0.463 e. The smallest absolute Gasteiger partial charge is 0.325 e. The van der Waals surface area contributed by atoms with Gasteiger partial charge in [-0.3, -0.25) is 14.4 Å². The lowest BCUT2D eigenvalue weighted by Gasteiger charge is -2.10. The SMILES string of the molecule is CCc1cc(C(=O)CCCCCCOc2nc(OCCCCCCC(=O)c3ccc(N)c(CC)c3)nc(OCCCCCCC(=O)c3ccc(N)c(CC)c3)n2)ccc1N. The van der Waals surface area contributed by atoms with Gasteiger partial charge in [0.2, 0.25) is 0 Å². The number of anilines is 3. The first kappa shape index (κ1) is 47.2. The number of hydrogen-bond donors (Lipinski definition) is 3. The fourth-order valence-corrected chi connectivity index (χ4v) is 6.92. The Morgan fingerprint density at radius 2 is 0.683 bits per heavy atom. The third kappa shape index (κ3) is 15.9. The lowest BCUT2D eigenvalue weighted by atomic mass is 10.0. The molecule has 324 valence electrons. The number of Topliss-reactive ketones (excluding diaryl/α,β-unsaturated/α-hetero) is 3. The highest BCUT2D eigenvalue weighted by Gasteiger charge is 2.13. The predicted molar refractivity (Wildman–Crippen MR) is 239 cm³/mol. The zero-order chi connectivity index (χ0) is 43.1. The van der Waals surface area contributed by atoms with Gasteiger partial charge in [-0.05, 0) is 129 Å². The summed E-state index contributed by atoms with van der Waals surface area (Å²) in [5.74, 6) is 0.406. The first-order valence-corrected chi connectivity index (χ1v) is 22.0.